The Morgan fingerprint density at radius 2 is 1.56 bits per heavy atom. The lowest BCUT2D eigenvalue weighted by molar-refractivity contribution is -0.167. The monoisotopic (exact) mass is 642 g/mol. The lowest BCUT2D eigenvalue weighted by Crippen LogP contribution is -2.49. The SMILES string of the molecule is CC1CCC(C(=O)N(c2cc(C#CC(C)(C)C)sc2C(=O)O)C2CCC(NC(=O)OC3CC(C(=O)OC(C)(C)C)C3)CC2)CC1. The van der Waals surface area contributed by atoms with Crippen LogP contribution in [0.4, 0.5) is 10.5 Å². The van der Waals surface area contributed by atoms with E-state index in [2.05, 4.69) is 24.1 Å². The van der Waals surface area contributed by atoms with E-state index in [4.69, 9.17) is 9.47 Å². The number of thiophene rings is 1. The van der Waals surface area contributed by atoms with Crippen LogP contribution in [0, 0.1) is 35.0 Å². The van der Waals surface area contributed by atoms with Crippen LogP contribution in [-0.2, 0) is 19.1 Å². The third-order valence-corrected chi connectivity index (χ3v) is 9.85. The highest BCUT2D eigenvalue weighted by atomic mass is 32.1. The Morgan fingerprint density at radius 1 is 0.933 bits per heavy atom. The van der Waals surface area contributed by atoms with Crippen LogP contribution in [0.2, 0.25) is 0 Å². The normalized spacial score (nSPS) is 26.8. The number of carboxylic acids is 1. The van der Waals surface area contributed by atoms with E-state index >= 15 is 0 Å². The number of carbonyl (C=O) groups is 4. The van der Waals surface area contributed by atoms with Crippen molar-refractivity contribution in [2.45, 2.75) is 136 Å². The number of nitrogens with one attached hydrogen (secondary N) is 1. The third kappa shape index (κ3) is 9.71. The van der Waals surface area contributed by atoms with Crippen molar-refractivity contribution in [3.8, 4) is 11.8 Å². The van der Waals surface area contributed by atoms with Gasteiger partial charge >= 0.3 is 18.0 Å². The molecule has 2 amide bonds. The number of carbonyl (C=O) groups excluding carboxylic acids is 3. The minimum Gasteiger partial charge on any atom is -0.477 e. The van der Waals surface area contributed by atoms with Gasteiger partial charge in [0.05, 0.1) is 16.5 Å². The number of rotatable bonds is 7. The zero-order valence-electron chi connectivity index (χ0n) is 27.9. The molecular weight excluding hydrogens is 592 g/mol. The van der Waals surface area contributed by atoms with Crippen LogP contribution < -0.4 is 10.2 Å². The highest BCUT2D eigenvalue weighted by Gasteiger charge is 2.41. The molecule has 9 nitrogen and oxygen atoms in total. The van der Waals surface area contributed by atoms with E-state index in [1.165, 1.54) is 0 Å². The number of amides is 2. The molecule has 2 N–H and O–H groups in total. The number of esters is 1. The van der Waals surface area contributed by atoms with Crippen LogP contribution in [0.1, 0.15) is 127 Å². The first-order chi connectivity index (χ1) is 21.0. The van der Waals surface area contributed by atoms with Crippen LogP contribution in [-0.4, -0.2) is 52.8 Å². The van der Waals surface area contributed by atoms with Crippen LogP contribution in [0.5, 0.6) is 0 Å². The molecule has 0 bridgehead atoms. The molecule has 1 aromatic heterocycles. The number of hydrogen-bond acceptors (Lipinski definition) is 7. The van der Waals surface area contributed by atoms with Crippen molar-refractivity contribution in [3.05, 3.63) is 15.8 Å². The van der Waals surface area contributed by atoms with Crippen molar-refractivity contribution >= 4 is 41.0 Å². The number of ether oxygens (including phenoxy) is 2. The second-order valence-corrected chi connectivity index (χ2v) is 16.2. The molecule has 3 saturated carbocycles. The Morgan fingerprint density at radius 3 is 2.11 bits per heavy atom. The molecular formula is C35H50N2O7S. The van der Waals surface area contributed by atoms with Gasteiger partial charge in [0, 0.05) is 23.4 Å². The van der Waals surface area contributed by atoms with Gasteiger partial charge in [-0.15, -0.1) is 11.3 Å². The number of nitrogens with zero attached hydrogens (tertiary/aromatic N) is 1. The number of carboxylic acid groups (broad SMARTS) is 1. The fourth-order valence-electron chi connectivity index (χ4n) is 6.29. The van der Waals surface area contributed by atoms with Gasteiger partial charge in [0.15, 0.2) is 0 Å². The molecule has 1 aromatic rings. The van der Waals surface area contributed by atoms with Gasteiger partial charge in [-0.25, -0.2) is 9.59 Å². The molecule has 0 atom stereocenters. The van der Waals surface area contributed by atoms with E-state index in [0.717, 1.165) is 37.0 Å². The Hall–Kier alpha value is -3.06. The first-order valence-corrected chi connectivity index (χ1v) is 17.2. The van der Waals surface area contributed by atoms with Gasteiger partial charge in [-0.2, -0.15) is 0 Å². The molecule has 45 heavy (non-hydrogen) atoms. The second kappa shape index (κ2) is 14.1. The quantitative estimate of drug-likeness (QED) is 0.239. The van der Waals surface area contributed by atoms with Gasteiger partial charge in [-0.1, -0.05) is 18.8 Å². The van der Waals surface area contributed by atoms with Crippen LogP contribution >= 0.6 is 11.3 Å². The van der Waals surface area contributed by atoms with E-state index < -0.39 is 17.7 Å². The van der Waals surface area contributed by atoms with Gasteiger partial charge < -0.3 is 24.8 Å². The molecule has 248 valence electrons. The average molecular weight is 643 g/mol. The molecule has 3 fully saturated rings. The van der Waals surface area contributed by atoms with Gasteiger partial charge in [0.2, 0.25) is 5.91 Å². The predicted molar refractivity (Wildman–Crippen MR) is 174 cm³/mol. The minimum atomic E-state index is -1.06. The van der Waals surface area contributed by atoms with E-state index in [-0.39, 0.29) is 52.2 Å². The lowest BCUT2D eigenvalue weighted by Gasteiger charge is -2.40. The van der Waals surface area contributed by atoms with Gasteiger partial charge in [0.25, 0.3) is 0 Å². The van der Waals surface area contributed by atoms with Crippen molar-refractivity contribution in [3.63, 3.8) is 0 Å². The molecule has 3 aliphatic rings. The zero-order chi connectivity index (χ0) is 33.1. The van der Waals surface area contributed by atoms with E-state index in [1.54, 1.807) is 11.0 Å². The lowest BCUT2D eigenvalue weighted by atomic mass is 9.81. The third-order valence-electron chi connectivity index (χ3n) is 8.82. The van der Waals surface area contributed by atoms with Gasteiger partial charge in [0.1, 0.15) is 16.6 Å². The summed E-state index contributed by atoms with van der Waals surface area (Å²) < 4.78 is 11.0. The minimum absolute atomic E-state index is 0.00197. The maximum absolute atomic E-state index is 14.2. The topological polar surface area (TPSA) is 122 Å². The molecule has 0 unspecified atom stereocenters. The number of alkyl carbamates (subject to hydrolysis) is 1. The molecule has 10 heteroatoms. The molecule has 3 aliphatic carbocycles. The number of hydrogen-bond donors (Lipinski definition) is 2. The highest BCUT2D eigenvalue weighted by molar-refractivity contribution is 7.15. The van der Waals surface area contributed by atoms with Crippen molar-refractivity contribution in [2.24, 2.45) is 23.2 Å². The molecule has 0 saturated heterocycles. The van der Waals surface area contributed by atoms with Crippen molar-refractivity contribution in [1.82, 2.24) is 5.32 Å². The molecule has 0 radical (unpaired) electrons. The Bertz CT molecular complexity index is 1310. The number of anilines is 1. The van der Waals surface area contributed by atoms with Gasteiger partial charge in [-0.3, -0.25) is 9.59 Å². The smallest absolute Gasteiger partial charge is 0.407 e. The maximum Gasteiger partial charge on any atom is 0.407 e. The summed E-state index contributed by atoms with van der Waals surface area (Å²) in [6.45, 7) is 13.7. The average Bonchev–Trinajstić information content (AvgIpc) is 3.33. The van der Waals surface area contributed by atoms with E-state index in [1.807, 2.05) is 41.5 Å². The number of aromatic carboxylic acids is 1. The fraction of sp³-hybridized carbons (Fsp3) is 0.714. The standard InChI is InChI=1S/C35H50N2O7S/c1-21-8-10-22(11-9-21)30(38)37(28-20-27(16-17-34(2,3)4)45-29(28)31(39)40)25-14-12-24(13-15-25)36-33(42)43-26-18-23(19-26)32(41)44-35(5,6)7/h20-26H,8-15,18-19H2,1-7H3,(H,36,42)(H,39,40). The summed E-state index contributed by atoms with van der Waals surface area (Å²) in [5, 5.41) is 13.1. The molecule has 1 heterocycles. The molecule has 0 aliphatic heterocycles. The summed E-state index contributed by atoms with van der Waals surface area (Å²) in [6, 6.07) is 1.49. The Labute approximate surface area is 271 Å². The maximum atomic E-state index is 14.2. The Kier molecular flexibility index (Phi) is 10.9. The van der Waals surface area contributed by atoms with Crippen molar-refractivity contribution in [2.75, 3.05) is 4.90 Å². The molecule has 0 spiro atoms. The van der Waals surface area contributed by atoms with Crippen LogP contribution in [0.3, 0.4) is 0 Å². The summed E-state index contributed by atoms with van der Waals surface area (Å²) >= 11 is 1.12. The van der Waals surface area contributed by atoms with E-state index in [0.29, 0.717) is 55.0 Å². The zero-order valence-corrected chi connectivity index (χ0v) is 28.7. The largest absolute Gasteiger partial charge is 0.477 e. The second-order valence-electron chi connectivity index (χ2n) is 15.2. The molecule has 4 rings (SSSR count). The Balaban J connectivity index is 1.41. The van der Waals surface area contributed by atoms with E-state index in [9.17, 15) is 24.3 Å². The summed E-state index contributed by atoms with van der Waals surface area (Å²) in [5.41, 5.74) is -0.350. The highest BCUT2D eigenvalue weighted by Crippen LogP contribution is 2.39. The van der Waals surface area contributed by atoms with Crippen molar-refractivity contribution in [1.29, 1.82) is 0 Å². The summed E-state index contributed by atoms with van der Waals surface area (Å²) in [4.78, 5) is 54.0. The van der Waals surface area contributed by atoms with Gasteiger partial charge in [-0.05, 0) is 118 Å². The molecule has 0 aromatic carbocycles. The predicted octanol–water partition coefficient (Wildman–Crippen LogP) is 7.16. The fourth-order valence-corrected chi connectivity index (χ4v) is 7.13. The summed E-state index contributed by atoms with van der Waals surface area (Å²) in [6.07, 6.45) is 6.22. The van der Waals surface area contributed by atoms with Crippen LogP contribution in [0.25, 0.3) is 0 Å². The van der Waals surface area contributed by atoms with Crippen molar-refractivity contribution < 1.29 is 33.8 Å². The summed E-state index contributed by atoms with van der Waals surface area (Å²) in [5.74, 6) is 5.20. The summed E-state index contributed by atoms with van der Waals surface area (Å²) in [7, 11) is 0. The first-order valence-electron chi connectivity index (χ1n) is 16.4. The first kappa shape index (κ1) is 34.8. The van der Waals surface area contributed by atoms with Crippen LogP contribution in [0.15, 0.2) is 6.07 Å².